The van der Waals surface area contributed by atoms with Crippen molar-refractivity contribution >= 4 is 41.7 Å². The first-order valence-electron chi connectivity index (χ1n) is 9.11. The Bertz CT molecular complexity index is 379. The summed E-state index contributed by atoms with van der Waals surface area (Å²) >= 11 is 2.09. The number of aliphatic imine (C=N–C) groups is 1. The smallest absolute Gasteiger partial charge is 0.191 e. The standard InChI is InChI=1S/C17H35N5S.HI/c1-5-21-8-10-22(11-9-21)15(2)13-19-16(18-4)20-14-17(3)7-6-12-23-17;/h15H,5-14H2,1-4H3,(H2,18,19,20);1H. The number of guanidine groups is 1. The molecule has 0 aromatic heterocycles. The van der Waals surface area contributed by atoms with Gasteiger partial charge in [-0.3, -0.25) is 9.89 Å². The van der Waals surface area contributed by atoms with Crippen LogP contribution in [0.25, 0.3) is 0 Å². The van der Waals surface area contributed by atoms with Gasteiger partial charge in [0.25, 0.3) is 0 Å². The molecule has 5 nitrogen and oxygen atoms in total. The Balaban J connectivity index is 0.00000288. The van der Waals surface area contributed by atoms with Crippen LogP contribution in [0, 0.1) is 0 Å². The minimum atomic E-state index is 0. The van der Waals surface area contributed by atoms with Crippen LogP contribution < -0.4 is 10.6 Å². The molecule has 2 heterocycles. The van der Waals surface area contributed by atoms with E-state index in [1.165, 1.54) is 51.3 Å². The first kappa shape index (κ1) is 22.3. The third-order valence-electron chi connectivity index (χ3n) is 5.20. The zero-order chi connectivity index (χ0) is 16.7. The van der Waals surface area contributed by atoms with Crippen LogP contribution in [0.4, 0.5) is 0 Å². The predicted octanol–water partition coefficient (Wildman–Crippen LogP) is 2.08. The second-order valence-electron chi connectivity index (χ2n) is 7.03. The summed E-state index contributed by atoms with van der Waals surface area (Å²) in [5, 5.41) is 7.02. The van der Waals surface area contributed by atoms with Crippen molar-refractivity contribution < 1.29 is 0 Å². The third kappa shape index (κ3) is 6.88. The second kappa shape index (κ2) is 11.1. The average molecular weight is 469 g/mol. The number of piperazine rings is 1. The highest BCUT2D eigenvalue weighted by Crippen LogP contribution is 2.36. The van der Waals surface area contributed by atoms with Crippen molar-refractivity contribution in [3.05, 3.63) is 0 Å². The minimum Gasteiger partial charge on any atom is -0.355 e. The number of rotatable bonds is 6. The maximum atomic E-state index is 4.38. The van der Waals surface area contributed by atoms with E-state index in [2.05, 4.69) is 58.0 Å². The van der Waals surface area contributed by atoms with E-state index >= 15 is 0 Å². The van der Waals surface area contributed by atoms with Gasteiger partial charge in [0.05, 0.1) is 0 Å². The summed E-state index contributed by atoms with van der Waals surface area (Å²) in [5.74, 6) is 2.24. The summed E-state index contributed by atoms with van der Waals surface area (Å²) in [6.07, 6.45) is 2.65. The van der Waals surface area contributed by atoms with Crippen LogP contribution in [0.2, 0.25) is 0 Å². The SMILES string of the molecule is CCN1CCN(C(C)CNC(=NC)NCC2(C)CCCS2)CC1.I. The van der Waals surface area contributed by atoms with Crippen molar-refractivity contribution in [3.63, 3.8) is 0 Å². The van der Waals surface area contributed by atoms with Crippen molar-refractivity contribution in [3.8, 4) is 0 Å². The first-order chi connectivity index (χ1) is 11.1. The Hall–Kier alpha value is 0.270. The van der Waals surface area contributed by atoms with E-state index in [0.29, 0.717) is 10.8 Å². The van der Waals surface area contributed by atoms with Crippen molar-refractivity contribution in [2.24, 2.45) is 4.99 Å². The van der Waals surface area contributed by atoms with Gasteiger partial charge in [-0.15, -0.1) is 24.0 Å². The van der Waals surface area contributed by atoms with Gasteiger partial charge in [-0.1, -0.05) is 6.92 Å². The topological polar surface area (TPSA) is 42.9 Å². The van der Waals surface area contributed by atoms with Gasteiger partial charge >= 0.3 is 0 Å². The summed E-state index contributed by atoms with van der Waals surface area (Å²) in [4.78, 5) is 9.49. The van der Waals surface area contributed by atoms with Crippen LogP contribution in [0.15, 0.2) is 4.99 Å². The van der Waals surface area contributed by atoms with Crippen LogP contribution in [0.3, 0.4) is 0 Å². The number of hydrogen-bond acceptors (Lipinski definition) is 4. The summed E-state index contributed by atoms with van der Waals surface area (Å²) in [6, 6.07) is 0.545. The lowest BCUT2D eigenvalue weighted by Gasteiger charge is -2.37. The zero-order valence-electron chi connectivity index (χ0n) is 15.8. The van der Waals surface area contributed by atoms with Crippen LogP contribution in [0.1, 0.15) is 33.6 Å². The molecule has 0 spiro atoms. The summed E-state index contributed by atoms with van der Waals surface area (Å²) in [7, 11) is 1.87. The molecule has 0 amide bonds. The van der Waals surface area contributed by atoms with E-state index < -0.39 is 0 Å². The molecule has 0 aliphatic carbocycles. The van der Waals surface area contributed by atoms with Crippen molar-refractivity contribution in [2.75, 3.05) is 58.6 Å². The molecule has 0 radical (unpaired) electrons. The van der Waals surface area contributed by atoms with E-state index in [1.807, 2.05) is 7.05 Å². The largest absolute Gasteiger partial charge is 0.355 e. The maximum Gasteiger partial charge on any atom is 0.191 e. The molecule has 142 valence electrons. The number of nitrogens with zero attached hydrogens (tertiary/aromatic N) is 3. The molecule has 7 heteroatoms. The molecular formula is C17H36IN5S. The number of hydrogen-bond donors (Lipinski definition) is 2. The van der Waals surface area contributed by atoms with Crippen molar-refractivity contribution in [1.29, 1.82) is 0 Å². The minimum absolute atomic E-state index is 0. The van der Waals surface area contributed by atoms with Crippen molar-refractivity contribution in [1.82, 2.24) is 20.4 Å². The lowest BCUT2D eigenvalue weighted by Crippen LogP contribution is -2.53. The number of halogens is 1. The molecule has 0 aromatic carbocycles. The second-order valence-corrected chi connectivity index (χ2v) is 8.71. The Labute approximate surface area is 169 Å². The predicted molar refractivity (Wildman–Crippen MR) is 118 cm³/mol. The van der Waals surface area contributed by atoms with Gasteiger partial charge in [-0.05, 0) is 39.0 Å². The van der Waals surface area contributed by atoms with Gasteiger partial charge in [0.15, 0.2) is 5.96 Å². The van der Waals surface area contributed by atoms with Crippen LogP contribution in [-0.4, -0.2) is 85.2 Å². The van der Waals surface area contributed by atoms with Gasteiger partial charge in [0, 0.05) is 57.1 Å². The third-order valence-corrected chi connectivity index (χ3v) is 6.73. The highest BCUT2D eigenvalue weighted by molar-refractivity contribution is 14.0. The Morgan fingerprint density at radius 1 is 1.25 bits per heavy atom. The van der Waals surface area contributed by atoms with Gasteiger partial charge in [-0.25, -0.2) is 0 Å². The molecule has 2 rings (SSSR count). The highest BCUT2D eigenvalue weighted by Gasteiger charge is 2.29. The number of nitrogens with one attached hydrogen (secondary N) is 2. The van der Waals surface area contributed by atoms with Gasteiger partial charge in [-0.2, -0.15) is 11.8 Å². The Kier molecular flexibility index (Phi) is 10.3. The highest BCUT2D eigenvalue weighted by atomic mass is 127. The molecule has 2 unspecified atom stereocenters. The molecular weight excluding hydrogens is 433 g/mol. The Morgan fingerprint density at radius 3 is 2.50 bits per heavy atom. The van der Waals surface area contributed by atoms with E-state index in [4.69, 9.17) is 0 Å². The molecule has 2 atom stereocenters. The number of thioether (sulfide) groups is 1. The lowest BCUT2D eigenvalue weighted by molar-refractivity contribution is 0.107. The van der Waals surface area contributed by atoms with Gasteiger partial charge in [0.2, 0.25) is 0 Å². The van der Waals surface area contributed by atoms with Crippen LogP contribution in [-0.2, 0) is 0 Å². The van der Waals surface area contributed by atoms with Gasteiger partial charge < -0.3 is 15.5 Å². The quantitative estimate of drug-likeness (QED) is 0.354. The van der Waals surface area contributed by atoms with E-state index in [9.17, 15) is 0 Å². The average Bonchev–Trinajstić information content (AvgIpc) is 3.01. The molecule has 0 aromatic rings. The molecule has 2 aliphatic heterocycles. The molecule has 2 N–H and O–H groups in total. The fourth-order valence-electron chi connectivity index (χ4n) is 3.36. The molecule has 24 heavy (non-hydrogen) atoms. The van der Waals surface area contributed by atoms with Crippen molar-refractivity contribution in [2.45, 2.75) is 44.4 Å². The summed E-state index contributed by atoms with van der Waals surface area (Å²) < 4.78 is 0.375. The molecule has 0 saturated carbocycles. The monoisotopic (exact) mass is 469 g/mol. The Morgan fingerprint density at radius 2 is 1.96 bits per heavy atom. The molecule has 2 aliphatic rings. The molecule has 0 bridgehead atoms. The first-order valence-corrected chi connectivity index (χ1v) is 10.1. The fourth-order valence-corrected chi connectivity index (χ4v) is 4.61. The molecule has 2 fully saturated rings. The summed E-state index contributed by atoms with van der Waals surface area (Å²) in [5.41, 5.74) is 0. The zero-order valence-corrected chi connectivity index (χ0v) is 19.0. The van der Waals surface area contributed by atoms with E-state index in [-0.39, 0.29) is 24.0 Å². The number of likely N-dealkylation sites (N-methyl/N-ethyl adjacent to an activating group) is 1. The summed E-state index contributed by atoms with van der Waals surface area (Å²) in [6.45, 7) is 14.8. The van der Waals surface area contributed by atoms with Crippen LogP contribution in [0.5, 0.6) is 0 Å². The van der Waals surface area contributed by atoms with E-state index in [1.54, 1.807) is 0 Å². The lowest BCUT2D eigenvalue weighted by atomic mass is 10.1. The van der Waals surface area contributed by atoms with Crippen LogP contribution >= 0.6 is 35.7 Å². The molecule has 2 saturated heterocycles. The van der Waals surface area contributed by atoms with Gasteiger partial charge in [0.1, 0.15) is 0 Å². The maximum absolute atomic E-state index is 4.38. The normalized spacial score (nSPS) is 27.6. The van der Waals surface area contributed by atoms with E-state index in [0.717, 1.165) is 19.0 Å². The fraction of sp³-hybridized carbons (Fsp3) is 0.941.